The van der Waals surface area contributed by atoms with Crippen LogP contribution >= 0.6 is 0 Å². The smallest absolute Gasteiger partial charge is 0.274 e. The van der Waals surface area contributed by atoms with Crippen molar-refractivity contribution in [1.82, 2.24) is 9.97 Å². The number of nitrogens with zero attached hydrogens (tertiary/aromatic N) is 2. The molecule has 0 radical (unpaired) electrons. The standard InChI is InChI=1S/C20H19FN4O/c1-3-14-8-10-15(11-9-14)23-19(26)18-12-13(2)22-20(25-18)24-17-7-5-4-6-16(17)21/h4-12H,3H2,1-2H3,(H,23,26)(H,22,24,25). The van der Waals surface area contributed by atoms with Crippen LogP contribution in [0.1, 0.15) is 28.7 Å². The van der Waals surface area contributed by atoms with Crippen molar-refractivity contribution in [3.63, 3.8) is 0 Å². The predicted molar refractivity (Wildman–Crippen MR) is 100 cm³/mol. The van der Waals surface area contributed by atoms with Gasteiger partial charge in [-0.3, -0.25) is 4.79 Å². The SMILES string of the molecule is CCc1ccc(NC(=O)c2cc(C)nc(Nc3ccccc3F)n2)cc1. The van der Waals surface area contributed by atoms with E-state index in [0.29, 0.717) is 11.4 Å². The first-order chi connectivity index (χ1) is 12.5. The second-order valence-corrected chi connectivity index (χ2v) is 5.83. The molecule has 26 heavy (non-hydrogen) atoms. The summed E-state index contributed by atoms with van der Waals surface area (Å²) in [5.74, 6) is -0.600. The molecule has 2 N–H and O–H groups in total. The molecule has 0 saturated carbocycles. The van der Waals surface area contributed by atoms with Gasteiger partial charge < -0.3 is 10.6 Å². The van der Waals surface area contributed by atoms with E-state index in [2.05, 4.69) is 27.5 Å². The molecule has 3 rings (SSSR count). The van der Waals surface area contributed by atoms with Gasteiger partial charge in [0.05, 0.1) is 5.69 Å². The van der Waals surface area contributed by atoms with Gasteiger partial charge in [-0.2, -0.15) is 0 Å². The van der Waals surface area contributed by atoms with E-state index < -0.39 is 5.82 Å². The summed E-state index contributed by atoms with van der Waals surface area (Å²) in [5.41, 5.74) is 2.94. The summed E-state index contributed by atoms with van der Waals surface area (Å²) in [6, 6.07) is 15.4. The minimum atomic E-state index is -0.417. The number of nitrogens with one attached hydrogen (secondary N) is 2. The summed E-state index contributed by atoms with van der Waals surface area (Å²) < 4.78 is 13.8. The highest BCUT2D eigenvalue weighted by Crippen LogP contribution is 2.18. The highest BCUT2D eigenvalue weighted by Gasteiger charge is 2.12. The normalized spacial score (nSPS) is 10.4. The Kier molecular flexibility index (Phi) is 5.22. The van der Waals surface area contributed by atoms with Crippen molar-refractivity contribution in [3.8, 4) is 0 Å². The summed E-state index contributed by atoms with van der Waals surface area (Å²) in [7, 11) is 0. The number of rotatable bonds is 5. The molecular formula is C20H19FN4O. The highest BCUT2D eigenvalue weighted by atomic mass is 19.1. The summed E-state index contributed by atoms with van der Waals surface area (Å²) in [6.07, 6.45) is 0.935. The van der Waals surface area contributed by atoms with E-state index in [-0.39, 0.29) is 23.2 Å². The molecule has 1 heterocycles. The number of hydrogen-bond donors (Lipinski definition) is 2. The number of carbonyl (C=O) groups is 1. The average Bonchev–Trinajstić information content (AvgIpc) is 2.64. The first-order valence-corrected chi connectivity index (χ1v) is 8.32. The Morgan fingerprint density at radius 3 is 2.50 bits per heavy atom. The van der Waals surface area contributed by atoms with Crippen molar-refractivity contribution in [1.29, 1.82) is 0 Å². The number of halogens is 1. The zero-order valence-corrected chi connectivity index (χ0v) is 14.6. The van der Waals surface area contributed by atoms with Crippen LogP contribution in [0.3, 0.4) is 0 Å². The Morgan fingerprint density at radius 2 is 1.81 bits per heavy atom. The fraction of sp³-hybridized carbons (Fsp3) is 0.150. The van der Waals surface area contributed by atoms with Crippen LogP contribution in [0.15, 0.2) is 54.6 Å². The topological polar surface area (TPSA) is 66.9 Å². The van der Waals surface area contributed by atoms with Gasteiger partial charge in [-0.25, -0.2) is 14.4 Å². The summed E-state index contributed by atoms with van der Waals surface area (Å²) in [6.45, 7) is 3.82. The van der Waals surface area contributed by atoms with E-state index >= 15 is 0 Å². The largest absolute Gasteiger partial charge is 0.322 e. The molecule has 0 aliphatic rings. The maximum atomic E-state index is 13.8. The molecule has 1 aromatic heterocycles. The van der Waals surface area contributed by atoms with Crippen LogP contribution in [0.25, 0.3) is 0 Å². The summed E-state index contributed by atoms with van der Waals surface area (Å²) in [5, 5.41) is 5.62. The van der Waals surface area contributed by atoms with Crippen molar-refractivity contribution < 1.29 is 9.18 Å². The lowest BCUT2D eigenvalue weighted by molar-refractivity contribution is 0.102. The Labute approximate surface area is 151 Å². The number of carbonyl (C=O) groups excluding carboxylic acids is 1. The second kappa shape index (κ2) is 7.74. The molecule has 0 aliphatic carbocycles. The van der Waals surface area contributed by atoms with Gasteiger partial charge in [-0.05, 0) is 49.2 Å². The van der Waals surface area contributed by atoms with Gasteiger partial charge in [-0.15, -0.1) is 0 Å². The third-order valence-corrected chi connectivity index (χ3v) is 3.83. The lowest BCUT2D eigenvalue weighted by Gasteiger charge is -2.09. The minimum absolute atomic E-state index is 0.168. The van der Waals surface area contributed by atoms with Gasteiger partial charge in [0.25, 0.3) is 5.91 Å². The predicted octanol–water partition coefficient (Wildman–Crippen LogP) is 4.48. The molecule has 0 atom stereocenters. The minimum Gasteiger partial charge on any atom is -0.322 e. The third-order valence-electron chi connectivity index (χ3n) is 3.83. The number of amides is 1. The molecule has 2 aromatic carbocycles. The first-order valence-electron chi connectivity index (χ1n) is 8.32. The fourth-order valence-electron chi connectivity index (χ4n) is 2.44. The van der Waals surface area contributed by atoms with Crippen molar-refractivity contribution in [2.24, 2.45) is 0 Å². The Bertz CT molecular complexity index is 925. The maximum absolute atomic E-state index is 13.8. The molecule has 132 valence electrons. The fourth-order valence-corrected chi connectivity index (χ4v) is 2.44. The number of aromatic nitrogens is 2. The molecule has 6 heteroatoms. The Balaban J connectivity index is 1.80. The molecule has 1 amide bonds. The molecule has 0 bridgehead atoms. The molecule has 0 fully saturated rings. The average molecular weight is 350 g/mol. The van der Waals surface area contributed by atoms with Gasteiger partial charge in [0.1, 0.15) is 11.5 Å². The second-order valence-electron chi connectivity index (χ2n) is 5.83. The maximum Gasteiger partial charge on any atom is 0.274 e. The number of aryl methyl sites for hydroxylation is 2. The zero-order valence-electron chi connectivity index (χ0n) is 14.6. The Morgan fingerprint density at radius 1 is 1.08 bits per heavy atom. The van der Waals surface area contributed by atoms with Crippen LogP contribution in [0, 0.1) is 12.7 Å². The Hall–Kier alpha value is -3.28. The van der Waals surface area contributed by atoms with Crippen LogP contribution in [-0.2, 0) is 6.42 Å². The molecule has 0 spiro atoms. The molecule has 0 aliphatic heterocycles. The van der Waals surface area contributed by atoms with Gasteiger partial charge >= 0.3 is 0 Å². The van der Waals surface area contributed by atoms with E-state index in [0.717, 1.165) is 6.42 Å². The lowest BCUT2D eigenvalue weighted by atomic mass is 10.1. The molecule has 0 unspecified atom stereocenters. The van der Waals surface area contributed by atoms with Crippen molar-refractivity contribution in [3.05, 3.63) is 77.4 Å². The van der Waals surface area contributed by atoms with Crippen LogP contribution in [-0.4, -0.2) is 15.9 Å². The van der Waals surface area contributed by atoms with Crippen LogP contribution in [0.5, 0.6) is 0 Å². The molecule has 3 aromatic rings. The van der Waals surface area contributed by atoms with Crippen LogP contribution < -0.4 is 10.6 Å². The van der Waals surface area contributed by atoms with E-state index in [9.17, 15) is 9.18 Å². The zero-order chi connectivity index (χ0) is 18.5. The van der Waals surface area contributed by atoms with Gasteiger partial charge in [0.2, 0.25) is 5.95 Å². The van der Waals surface area contributed by atoms with Gasteiger partial charge in [0.15, 0.2) is 0 Å². The van der Waals surface area contributed by atoms with Crippen molar-refractivity contribution >= 4 is 23.2 Å². The number of anilines is 3. The molecule has 0 saturated heterocycles. The first kappa shape index (κ1) is 17.5. The number of benzene rings is 2. The molecular weight excluding hydrogens is 331 g/mol. The lowest BCUT2D eigenvalue weighted by Crippen LogP contribution is -2.15. The van der Waals surface area contributed by atoms with E-state index in [1.807, 2.05) is 24.3 Å². The molecule has 5 nitrogen and oxygen atoms in total. The number of hydrogen-bond acceptors (Lipinski definition) is 4. The third kappa shape index (κ3) is 4.22. The summed E-state index contributed by atoms with van der Waals surface area (Å²) in [4.78, 5) is 20.9. The monoisotopic (exact) mass is 350 g/mol. The van der Waals surface area contributed by atoms with E-state index in [1.165, 1.54) is 11.6 Å². The van der Waals surface area contributed by atoms with Gasteiger partial charge in [0, 0.05) is 11.4 Å². The quantitative estimate of drug-likeness (QED) is 0.712. The van der Waals surface area contributed by atoms with Gasteiger partial charge in [-0.1, -0.05) is 31.2 Å². The number of para-hydroxylation sites is 1. The van der Waals surface area contributed by atoms with E-state index in [4.69, 9.17) is 0 Å². The van der Waals surface area contributed by atoms with Crippen molar-refractivity contribution in [2.45, 2.75) is 20.3 Å². The highest BCUT2D eigenvalue weighted by molar-refractivity contribution is 6.03. The van der Waals surface area contributed by atoms with E-state index in [1.54, 1.807) is 31.2 Å². The van der Waals surface area contributed by atoms with Crippen molar-refractivity contribution in [2.75, 3.05) is 10.6 Å². The van der Waals surface area contributed by atoms with Crippen LogP contribution in [0.2, 0.25) is 0 Å². The summed E-state index contributed by atoms with van der Waals surface area (Å²) >= 11 is 0. The van der Waals surface area contributed by atoms with Crippen LogP contribution in [0.4, 0.5) is 21.7 Å².